The van der Waals surface area contributed by atoms with Gasteiger partial charge >= 0.3 is 0 Å². The first kappa shape index (κ1) is 7.60. The van der Waals surface area contributed by atoms with Crippen molar-refractivity contribution in [1.82, 2.24) is 4.98 Å². The Bertz CT molecular complexity index is 211. The minimum Gasteiger partial charge on any atom is -0.394 e. The molecule has 0 aliphatic heterocycles. The molecule has 0 saturated carbocycles. The molecular formula is C6H9ClN2O. The molecule has 4 N–H and O–H groups in total. The zero-order valence-electron chi connectivity index (χ0n) is 5.34. The fourth-order valence-corrected chi connectivity index (χ4v) is 0.997. The molecule has 1 aromatic heterocycles. The molecular weight excluding hydrogens is 152 g/mol. The summed E-state index contributed by atoms with van der Waals surface area (Å²) in [6, 6.07) is -0.376. The molecule has 1 atom stereocenters. The second-order valence-corrected chi connectivity index (χ2v) is 2.45. The van der Waals surface area contributed by atoms with E-state index in [2.05, 4.69) is 4.98 Å². The van der Waals surface area contributed by atoms with Crippen LogP contribution in [0, 0.1) is 0 Å². The number of aromatic nitrogens is 1. The van der Waals surface area contributed by atoms with Gasteiger partial charge in [0.25, 0.3) is 0 Å². The van der Waals surface area contributed by atoms with Gasteiger partial charge in [-0.3, -0.25) is 0 Å². The van der Waals surface area contributed by atoms with Crippen LogP contribution in [0.5, 0.6) is 0 Å². The van der Waals surface area contributed by atoms with Gasteiger partial charge in [-0.25, -0.2) is 0 Å². The van der Waals surface area contributed by atoms with Crippen molar-refractivity contribution < 1.29 is 5.11 Å². The topological polar surface area (TPSA) is 62.0 Å². The van der Waals surface area contributed by atoms with Gasteiger partial charge in [0.1, 0.15) is 0 Å². The number of nitrogens with one attached hydrogen (secondary N) is 1. The molecule has 0 amide bonds. The molecule has 3 nitrogen and oxygen atoms in total. The van der Waals surface area contributed by atoms with E-state index >= 15 is 0 Å². The Morgan fingerprint density at radius 2 is 2.40 bits per heavy atom. The van der Waals surface area contributed by atoms with Crippen molar-refractivity contribution in [2.75, 3.05) is 6.61 Å². The Labute approximate surface area is 63.8 Å². The zero-order chi connectivity index (χ0) is 7.56. The maximum Gasteiger partial charge on any atom is 0.0629 e. The molecule has 0 aliphatic rings. The van der Waals surface area contributed by atoms with Crippen LogP contribution in [0.15, 0.2) is 12.4 Å². The maximum atomic E-state index is 8.63. The predicted molar refractivity (Wildman–Crippen MR) is 39.8 cm³/mol. The summed E-state index contributed by atoms with van der Waals surface area (Å²) in [6.07, 6.45) is 3.32. The van der Waals surface area contributed by atoms with Crippen molar-refractivity contribution in [1.29, 1.82) is 0 Å². The fourth-order valence-electron chi connectivity index (χ4n) is 0.739. The Kier molecular flexibility index (Phi) is 2.32. The summed E-state index contributed by atoms with van der Waals surface area (Å²) >= 11 is 5.69. The molecule has 0 spiro atoms. The monoisotopic (exact) mass is 160 g/mol. The number of aliphatic hydroxyl groups is 1. The van der Waals surface area contributed by atoms with Crippen molar-refractivity contribution in [2.45, 2.75) is 6.04 Å². The van der Waals surface area contributed by atoms with Crippen LogP contribution >= 0.6 is 11.6 Å². The van der Waals surface area contributed by atoms with E-state index in [1.807, 2.05) is 0 Å². The van der Waals surface area contributed by atoms with Crippen LogP contribution in [0.1, 0.15) is 11.6 Å². The van der Waals surface area contributed by atoms with Crippen LogP contribution in [0.3, 0.4) is 0 Å². The highest BCUT2D eigenvalue weighted by Gasteiger charge is 2.08. The van der Waals surface area contributed by atoms with E-state index in [1.165, 1.54) is 0 Å². The third-order valence-electron chi connectivity index (χ3n) is 1.32. The lowest BCUT2D eigenvalue weighted by molar-refractivity contribution is 0.268. The van der Waals surface area contributed by atoms with Crippen molar-refractivity contribution in [3.8, 4) is 0 Å². The fraction of sp³-hybridized carbons (Fsp3) is 0.333. The average molecular weight is 161 g/mol. The lowest BCUT2D eigenvalue weighted by atomic mass is 10.2. The Balaban J connectivity index is 2.82. The average Bonchev–Trinajstić information content (AvgIpc) is 2.34. The number of nitrogens with two attached hydrogens (primary N) is 1. The number of H-pyrrole nitrogens is 1. The number of halogens is 1. The van der Waals surface area contributed by atoms with Gasteiger partial charge in [-0.1, -0.05) is 11.6 Å². The maximum absolute atomic E-state index is 8.63. The van der Waals surface area contributed by atoms with Gasteiger partial charge in [-0.2, -0.15) is 0 Å². The molecule has 56 valence electrons. The van der Waals surface area contributed by atoms with E-state index in [-0.39, 0.29) is 12.6 Å². The van der Waals surface area contributed by atoms with Crippen LogP contribution in [-0.4, -0.2) is 16.7 Å². The second kappa shape index (κ2) is 3.05. The highest BCUT2D eigenvalue weighted by Crippen LogP contribution is 2.19. The predicted octanol–water partition coefficient (Wildman–Crippen LogP) is 0.660. The molecule has 0 saturated heterocycles. The lowest BCUT2D eigenvalue weighted by Gasteiger charge is -2.04. The van der Waals surface area contributed by atoms with E-state index in [1.54, 1.807) is 12.4 Å². The molecule has 10 heavy (non-hydrogen) atoms. The van der Waals surface area contributed by atoms with Crippen LogP contribution in [0.2, 0.25) is 5.02 Å². The molecule has 0 aliphatic carbocycles. The molecule has 1 rings (SSSR count). The number of aromatic amines is 1. The molecule has 0 bridgehead atoms. The summed E-state index contributed by atoms with van der Waals surface area (Å²) < 4.78 is 0. The van der Waals surface area contributed by atoms with Crippen LogP contribution in [0.4, 0.5) is 0 Å². The summed E-state index contributed by atoms with van der Waals surface area (Å²) in [5.74, 6) is 0. The van der Waals surface area contributed by atoms with Gasteiger partial charge in [-0.05, 0) is 0 Å². The van der Waals surface area contributed by atoms with Gasteiger partial charge in [-0.15, -0.1) is 0 Å². The van der Waals surface area contributed by atoms with E-state index in [9.17, 15) is 0 Å². The van der Waals surface area contributed by atoms with Gasteiger partial charge in [0.2, 0.25) is 0 Å². The van der Waals surface area contributed by atoms with Crippen LogP contribution in [0.25, 0.3) is 0 Å². The van der Waals surface area contributed by atoms with Gasteiger partial charge in [0, 0.05) is 18.0 Å². The third-order valence-corrected chi connectivity index (χ3v) is 1.65. The van der Waals surface area contributed by atoms with Gasteiger partial charge in [0.15, 0.2) is 0 Å². The Hall–Kier alpha value is -0.510. The van der Waals surface area contributed by atoms with Crippen molar-refractivity contribution >= 4 is 11.6 Å². The summed E-state index contributed by atoms with van der Waals surface area (Å²) in [5, 5.41) is 9.20. The van der Waals surface area contributed by atoms with Crippen molar-refractivity contribution in [3.63, 3.8) is 0 Å². The van der Waals surface area contributed by atoms with E-state index in [0.717, 1.165) is 5.56 Å². The number of aliphatic hydroxyl groups excluding tert-OH is 1. The lowest BCUT2D eigenvalue weighted by Crippen LogP contribution is -2.13. The number of hydrogen-bond donors (Lipinski definition) is 3. The first-order chi connectivity index (χ1) is 4.75. The summed E-state index contributed by atoms with van der Waals surface area (Å²) in [5.41, 5.74) is 6.24. The van der Waals surface area contributed by atoms with Gasteiger partial charge in [0.05, 0.1) is 17.7 Å². The summed E-state index contributed by atoms with van der Waals surface area (Å²) in [7, 11) is 0. The van der Waals surface area contributed by atoms with E-state index in [0.29, 0.717) is 5.02 Å². The highest BCUT2D eigenvalue weighted by atomic mass is 35.5. The van der Waals surface area contributed by atoms with Crippen molar-refractivity contribution in [2.24, 2.45) is 5.73 Å². The van der Waals surface area contributed by atoms with Crippen molar-refractivity contribution in [3.05, 3.63) is 23.0 Å². The zero-order valence-corrected chi connectivity index (χ0v) is 6.10. The Morgan fingerprint density at radius 3 is 2.80 bits per heavy atom. The largest absolute Gasteiger partial charge is 0.394 e. The van der Waals surface area contributed by atoms with Crippen LogP contribution < -0.4 is 5.73 Å². The standard InChI is InChI=1S/C6H9ClN2O/c7-5-2-9-1-4(5)6(8)3-10/h1-2,6,9-10H,3,8H2. The summed E-state index contributed by atoms with van der Waals surface area (Å²) in [4.78, 5) is 2.79. The first-order valence-corrected chi connectivity index (χ1v) is 3.32. The van der Waals surface area contributed by atoms with E-state index in [4.69, 9.17) is 22.4 Å². The Morgan fingerprint density at radius 1 is 1.70 bits per heavy atom. The molecule has 1 aromatic rings. The summed E-state index contributed by atoms with van der Waals surface area (Å²) in [6.45, 7) is -0.0857. The molecule has 4 heteroatoms. The SMILES string of the molecule is NC(CO)c1c[nH]cc1Cl. The quantitative estimate of drug-likeness (QED) is 0.595. The second-order valence-electron chi connectivity index (χ2n) is 2.05. The minimum absolute atomic E-state index is 0.0857. The van der Waals surface area contributed by atoms with E-state index < -0.39 is 0 Å². The number of hydrogen-bond acceptors (Lipinski definition) is 2. The van der Waals surface area contributed by atoms with Gasteiger partial charge < -0.3 is 15.8 Å². The highest BCUT2D eigenvalue weighted by molar-refractivity contribution is 6.31. The van der Waals surface area contributed by atoms with Crippen LogP contribution in [-0.2, 0) is 0 Å². The number of rotatable bonds is 2. The molecule has 0 aromatic carbocycles. The normalized spacial score (nSPS) is 13.5. The minimum atomic E-state index is -0.376. The molecule has 1 unspecified atom stereocenters. The third kappa shape index (κ3) is 1.31. The first-order valence-electron chi connectivity index (χ1n) is 2.94. The molecule has 0 fully saturated rings. The molecule has 0 radical (unpaired) electrons. The molecule has 1 heterocycles. The smallest absolute Gasteiger partial charge is 0.0629 e.